The van der Waals surface area contributed by atoms with E-state index in [1.54, 1.807) is 0 Å². The number of unbranched alkanes of at least 4 members (excludes halogenated alkanes) is 2. The summed E-state index contributed by atoms with van der Waals surface area (Å²) in [6.07, 6.45) is 2.91. The van der Waals surface area contributed by atoms with Crippen LogP contribution in [-0.4, -0.2) is 20.8 Å². The lowest BCUT2D eigenvalue weighted by Crippen LogP contribution is -2.01. The topological polar surface area (TPSA) is 40.1 Å². The van der Waals surface area contributed by atoms with Crippen molar-refractivity contribution in [2.45, 2.75) is 31.9 Å². The molecule has 0 spiro atoms. The van der Waals surface area contributed by atoms with E-state index in [1.807, 2.05) is 6.55 Å². The molecule has 1 N–H and O–H groups in total. The van der Waals surface area contributed by atoms with E-state index in [4.69, 9.17) is 5.11 Å². The molecule has 1 atom stereocenters. The SMILES string of the molecule is C[SiH]([O])CCCCCO. The zero-order valence-corrected chi connectivity index (χ0v) is 7.12. The van der Waals surface area contributed by atoms with E-state index in [1.165, 1.54) is 0 Å². The van der Waals surface area contributed by atoms with E-state index < -0.39 is 9.04 Å². The normalized spacial score (nSPS) is 13.7. The molecule has 0 heterocycles. The van der Waals surface area contributed by atoms with Crippen LogP contribution < -0.4 is 0 Å². The summed E-state index contributed by atoms with van der Waals surface area (Å²) in [5.74, 6) is 0. The van der Waals surface area contributed by atoms with Crippen LogP contribution in [0.1, 0.15) is 19.3 Å². The Morgan fingerprint density at radius 3 is 2.44 bits per heavy atom. The smallest absolute Gasteiger partial charge is 0.219 e. The maximum atomic E-state index is 10.6. The first-order chi connectivity index (χ1) is 4.27. The quantitative estimate of drug-likeness (QED) is 0.456. The van der Waals surface area contributed by atoms with Gasteiger partial charge in [-0.2, -0.15) is 0 Å². The molecule has 55 valence electrons. The first-order valence-electron chi connectivity index (χ1n) is 3.54. The summed E-state index contributed by atoms with van der Waals surface area (Å²) in [6.45, 7) is 2.09. The van der Waals surface area contributed by atoms with E-state index in [0.29, 0.717) is 0 Å². The summed E-state index contributed by atoms with van der Waals surface area (Å²) in [4.78, 5) is 10.6. The van der Waals surface area contributed by atoms with Crippen LogP contribution in [-0.2, 0) is 4.80 Å². The van der Waals surface area contributed by atoms with Gasteiger partial charge in [0.15, 0.2) is 0 Å². The molecule has 9 heavy (non-hydrogen) atoms. The van der Waals surface area contributed by atoms with E-state index >= 15 is 0 Å². The van der Waals surface area contributed by atoms with Gasteiger partial charge in [0, 0.05) is 6.61 Å². The molecule has 0 saturated carbocycles. The Morgan fingerprint density at radius 2 is 2.00 bits per heavy atom. The second-order valence-corrected chi connectivity index (χ2v) is 4.58. The summed E-state index contributed by atoms with van der Waals surface area (Å²) in [7, 11) is -1.54. The summed E-state index contributed by atoms with van der Waals surface area (Å²) in [5, 5.41) is 8.36. The monoisotopic (exact) mass is 147 g/mol. The second kappa shape index (κ2) is 6.26. The first kappa shape index (κ1) is 9.14. The van der Waals surface area contributed by atoms with Crippen LogP contribution in [0.25, 0.3) is 0 Å². The van der Waals surface area contributed by atoms with Crippen molar-refractivity contribution in [3.63, 3.8) is 0 Å². The second-order valence-electron chi connectivity index (χ2n) is 2.38. The van der Waals surface area contributed by atoms with Gasteiger partial charge in [0.2, 0.25) is 9.04 Å². The Kier molecular flexibility index (Phi) is 6.35. The highest BCUT2D eigenvalue weighted by Crippen LogP contribution is 2.01. The molecule has 0 aliphatic carbocycles. The van der Waals surface area contributed by atoms with Gasteiger partial charge in [0.05, 0.1) is 0 Å². The summed E-state index contributed by atoms with van der Waals surface area (Å²) in [6, 6.07) is 0.889. The molecule has 3 heteroatoms. The Morgan fingerprint density at radius 1 is 1.33 bits per heavy atom. The number of aliphatic hydroxyl groups is 1. The van der Waals surface area contributed by atoms with Crippen molar-refractivity contribution in [3.05, 3.63) is 0 Å². The fourth-order valence-corrected chi connectivity index (χ4v) is 1.58. The van der Waals surface area contributed by atoms with E-state index in [2.05, 4.69) is 0 Å². The van der Waals surface area contributed by atoms with E-state index in [9.17, 15) is 4.80 Å². The van der Waals surface area contributed by atoms with Crippen LogP contribution in [0, 0.1) is 0 Å². The molecular formula is C6H15O2Si. The van der Waals surface area contributed by atoms with Crippen molar-refractivity contribution in [1.82, 2.24) is 0 Å². The summed E-state index contributed by atoms with van der Waals surface area (Å²) < 4.78 is 0. The molecule has 0 rings (SSSR count). The first-order valence-corrected chi connectivity index (χ1v) is 5.98. The lowest BCUT2D eigenvalue weighted by molar-refractivity contribution is 0.283. The molecule has 0 saturated heterocycles. The molecule has 0 aliphatic heterocycles. The van der Waals surface area contributed by atoms with Crippen molar-refractivity contribution in [3.8, 4) is 0 Å². The Balaban J connectivity index is 2.75. The molecule has 0 bridgehead atoms. The number of hydrogen-bond acceptors (Lipinski definition) is 1. The Labute approximate surface area is 58.3 Å². The fraction of sp³-hybridized carbons (Fsp3) is 1.00. The van der Waals surface area contributed by atoms with Crippen molar-refractivity contribution in [2.75, 3.05) is 6.61 Å². The van der Waals surface area contributed by atoms with Gasteiger partial charge in [-0.3, -0.25) is 0 Å². The van der Waals surface area contributed by atoms with Gasteiger partial charge in [-0.05, 0) is 19.0 Å². The largest absolute Gasteiger partial charge is 0.396 e. The minimum absolute atomic E-state index is 0.273. The van der Waals surface area contributed by atoms with Crippen molar-refractivity contribution >= 4 is 9.04 Å². The molecule has 2 nitrogen and oxygen atoms in total. The lowest BCUT2D eigenvalue weighted by atomic mass is 10.3. The van der Waals surface area contributed by atoms with Gasteiger partial charge in [0.1, 0.15) is 0 Å². The Hall–Kier alpha value is 0.137. The third-order valence-electron chi connectivity index (χ3n) is 1.27. The van der Waals surface area contributed by atoms with Crippen LogP contribution in [0.4, 0.5) is 0 Å². The predicted octanol–water partition coefficient (Wildman–Crippen LogP) is 0.933. The molecule has 0 fully saturated rings. The molecule has 0 aromatic carbocycles. The van der Waals surface area contributed by atoms with Gasteiger partial charge in [-0.15, -0.1) is 0 Å². The highest BCUT2D eigenvalue weighted by atomic mass is 28.3. The van der Waals surface area contributed by atoms with Crippen LogP contribution in [0.2, 0.25) is 12.6 Å². The zero-order chi connectivity index (χ0) is 7.11. The molecule has 0 aromatic rings. The third kappa shape index (κ3) is 8.14. The maximum absolute atomic E-state index is 10.6. The van der Waals surface area contributed by atoms with Crippen LogP contribution in [0.15, 0.2) is 0 Å². The van der Waals surface area contributed by atoms with Crippen LogP contribution in [0.5, 0.6) is 0 Å². The van der Waals surface area contributed by atoms with Crippen molar-refractivity contribution in [2.24, 2.45) is 0 Å². The van der Waals surface area contributed by atoms with Gasteiger partial charge >= 0.3 is 0 Å². The highest BCUT2D eigenvalue weighted by molar-refractivity contribution is 6.48. The average Bonchev–Trinajstić information content (AvgIpc) is 1.80. The molecular weight excluding hydrogens is 132 g/mol. The molecule has 0 aliphatic rings. The summed E-state index contributed by atoms with van der Waals surface area (Å²) >= 11 is 0. The van der Waals surface area contributed by atoms with Gasteiger partial charge < -0.3 is 9.90 Å². The standard InChI is InChI=1S/C6H15O2Si/c1-9(8)6-4-2-3-5-7/h7,9H,2-6H2,1H3. The van der Waals surface area contributed by atoms with Gasteiger partial charge in [-0.1, -0.05) is 12.8 Å². The maximum Gasteiger partial charge on any atom is 0.219 e. The predicted molar refractivity (Wildman–Crippen MR) is 39.4 cm³/mol. The van der Waals surface area contributed by atoms with Gasteiger partial charge in [-0.25, -0.2) is 0 Å². The average molecular weight is 147 g/mol. The number of hydrogen-bond donors (Lipinski definition) is 1. The molecule has 1 radical (unpaired) electrons. The lowest BCUT2D eigenvalue weighted by Gasteiger charge is -1.97. The van der Waals surface area contributed by atoms with Crippen molar-refractivity contribution in [1.29, 1.82) is 0 Å². The number of rotatable bonds is 5. The van der Waals surface area contributed by atoms with Crippen LogP contribution in [0.3, 0.4) is 0 Å². The third-order valence-corrected chi connectivity index (χ3v) is 2.49. The minimum Gasteiger partial charge on any atom is -0.396 e. The van der Waals surface area contributed by atoms with Gasteiger partial charge in [0.25, 0.3) is 0 Å². The molecule has 0 amide bonds. The number of aliphatic hydroxyl groups excluding tert-OH is 1. The Bertz CT molecular complexity index is 57.0. The van der Waals surface area contributed by atoms with E-state index in [-0.39, 0.29) is 6.61 Å². The van der Waals surface area contributed by atoms with Crippen LogP contribution >= 0.6 is 0 Å². The molecule has 0 aromatic heterocycles. The van der Waals surface area contributed by atoms with E-state index in [0.717, 1.165) is 25.3 Å². The zero-order valence-electron chi connectivity index (χ0n) is 5.97. The fourth-order valence-electron chi connectivity index (χ4n) is 0.720. The minimum atomic E-state index is -1.54. The summed E-state index contributed by atoms with van der Waals surface area (Å²) in [5.41, 5.74) is 0. The van der Waals surface area contributed by atoms with Crippen molar-refractivity contribution < 1.29 is 9.90 Å². The molecule has 1 unspecified atom stereocenters. The highest BCUT2D eigenvalue weighted by Gasteiger charge is 1.98.